The van der Waals surface area contributed by atoms with E-state index in [0.29, 0.717) is 30.5 Å². The van der Waals surface area contributed by atoms with Gasteiger partial charge in [0.25, 0.3) is 0 Å². The lowest BCUT2D eigenvalue weighted by Gasteiger charge is -2.41. The number of nitrogens with one attached hydrogen (secondary N) is 1. The van der Waals surface area contributed by atoms with E-state index in [1.807, 2.05) is 27.7 Å². The molecular weight excluding hydrogens is 318 g/mol. The van der Waals surface area contributed by atoms with E-state index in [-0.39, 0.29) is 12.1 Å². The Morgan fingerprint density at radius 2 is 2.09 bits per heavy atom. The maximum absolute atomic E-state index is 12.3. The quantitative estimate of drug-likeness (QED) is 0.834. The first-order valence-corrected chi connectivity index (χ1v) is 8.03. The Hall–Kier alpha value is -1.76. The summed E-state index contributed by atoms with van der Waals surface area (Å²) in [6.45, 7) is 9.49. The van der Waals surface area contributed by atoms with Crippen LogP contribution in [0.2, 0.25) is 5.15 Å². The molecule has 1 fully saturated rings. The number of carbonyl (C=O) groups excluding carboxylic acids is 1. The molecule has 1 saturated heterocycles. The van der Waals surface area contributed by atoms with E-state index in [2.05, 4.69) is 20.2 Å². The van der Waals surface area contributed by atoms with Crippen LogP contribution < -0.4 is 10.2 Å². The molecule has 1 aliphatic rings. The number of nitrogens with zero attached hydrogens (tertiary/aromatic N) is 4. The normalized spacial score (nSPS) is 18.8. The molecule has 1 N–H and O–H groups in total. The molecule has 0 radical (unpaired) electrons. The fourth-order valence-electron chi connectivity index (χ4n) is 2.55. The fourth-order valence-corrected chi connectivity index (χ4v) is 2.77. The van der Waals surface area contributed by atoms with Crippen molar-refractivity contribution in [3.05, 3.63) is 11.5 Å². The first kappa shape index (κ1) is 17.6. The number of anilines is 2. The predicted molar refractivity (Wildman–Crippen MR) is 91.2 cm³/mol. The zero-order valence-corrected chi connectivity index (χ0v) is 15.0. The Morgan fingerprint density at radius 3 is 2.65 bits per heavy atom. The van der Waals surface area contributed by atoms with E-state index < -0.39 is 5.60 Å². The molecule has 1 unspecified atom stereocenters. The molecule has 8 heteroatoms. The summed E-state index contributed by atoms with van der Waals surface area (Å²) in [7, 11) is 1.79. The number of rotatable bonds is 2. The van der Waals surface area contributed by atoms with Crippen molar-refractivity contribution >= 4 is 29.2 Å². The van der Waals surface area contributed by atoms with Gasteiger partial charge < -0.3 is 19.9 Å². The van der Waals surface area contributed by atoms with Crippen molar-refractivity contribution in [3.63, 3.8) is 0 Å². The highest BCUT2D eigenvalue weighted by Crippen LogP contribution is 2.30. The fraction of sp³-hybridized carbons (Fsp3) is 0.667. The lowest BCUT2D eigenvalue weighted by atomic mass is 10.2. The molecule has 1 amide bonds. The number of carbonyl (C=O) groups is 1. The van der Waals surface area contributed by atoms with Crippen molar-refractivity contribution in [1.29, 1.82) is 0 Å². The standard InChI is InChI=1S/C15H24ClN5O2/c1-10-8-20(13-11(17-5)12(16)18-9-19-13)6-7-21(10)14(22)23-15(2,3)4/h9-10,17H,6-8H2,1-5H3. The van der Waals surface area contributed by atoms with E-state index in [4.69, 9.17) is 16.3 Å². The summed E-state index contributed by atoms with van der Waals surface area (Å²) in [5.74, 6) is 0.753. The number of piperazine rings is 1. The van der Waals surface area contributed by atoms with Crippen molar-refractivity contribution < 1.29 is 9.53 Å². The Kier molecular flexibility index (Phi) is 5.19. The lowest BCUT2D eigenvalue weighted by Crippen LogP contribution is -2.55. The first-order chi connectivity index (χ1) is 10.7. The average molecular weight is 342 g/mol. The molecule has 0 bridgehead atoms. The minimum atomic E-state index is -0.493. The summed E-state index contributed by atoms with van der Waals surface area (Å²) in [5.41, 5.74) is 0.208. The number of ether oxygens (including phenoxy) is 1. The van der Waals surface area contributed by atoms with E-state index in [9.17, 15) is 4.79 Å². The van der Waals surface area contributed by atoms with Crippen molar-refractivity contribution in [2.75, 3.05) is 36.9 Å². The molecule has 0 saturated carbocycles. The molecule has 0 spiro atoms. The molecule has 23 heavy (non-hydrogen) atoms. The number of aromatic nitrogens is 2. The van der Waals surface area contributed by atoms with Crippen LogP contribution in [0.4, 0.5) is 16.3 Å². The third-order valence-corrected chi connectivity index (χ3v) is 3.87. The van der Waals surface area contributed by atoms with Gasteiger partial charge in [0.15, 0.2) is 11.0 Å². The number of hydrogen-bond acceptors (Lipinski definition) is 6. The van der Waals surface area contributed by atoms with Crippen LogP contribution in [0.1, 0.15) is 27.7 Å². The summed E-state index contributed by atoms with van der Waals surface area (Å²) in [5, 5.41) is 3.43. The smallest absolute Gasteiger partial charge is 0.410 e. The van der Waals surface area contributed by atoms with E-state index in [0.717, 1.165) is 5.82 Å². The minimum Gasteiger partial charge on any atom is -0.444 e. The predicted octanol–water partition coefficient (Wildman–Crippen LogP) is 2.62. The van der Waals surface area contributed by atoms with E-state index >= 15 is 0 Å². The SMILES string of the molecule is CNc1c(Cl)ncnc1N1CCN(C(=O)OC(C)(C)C)C(C)C1. The maximum Gasteiger partial charge on any atom is 0.410 e. The Morgan fingerprint density at radius 1 is 1.39 bits per heavy atom. The number of halogens is 1. The van der Waals surface area contributed by atoms with Gasteiger partial charge in [-0.1, -0.05) is 11.6 Å². The van der Waals surface area contributed by atoms with Crippen LogP contribution >= 0.6 is 11.6 Å². The Balaban J connectivity index is 2.10. The molecule has 1 aromatic heterocycles. The summed E-state index contributed by atoms with van der Waals surface area (Å²) >= 11 is 6.11. The highest BCUT2D eigenvalue weighted by Gasteiger charge is 2.32. The van der Waals surface area contributed by atoms with E-state index in [1.165, 1.54) is 6.33 Å². The van der Waals surface area contributed by atoms with Gasteiger partial charge in [-0.05, 0) is 27.7 Å². The molecule has 2 heterocycles. The monoisotopic (exact) mass is 341 g/mol. The zero-order valence-electron chi connectivity index (χ0n) is 14.3. The van der Waals surface area contributed by atoms with Gasteiger partial charge in [-0.15, -0.1) is 0 Å². The van der Waals surface area contributed by atoms with Gasteiger partial charge in [-0.2, -0.15) is 0 Å². The summed E-state index contributed by atoms with van der Waals surface area (Å²) in [6, 6.07) is 0.0112. The highest BCUT2D eigenvalue weighted by molar-refractivity contribution is 6.32. The summed E-state index contributed by atoms with van der Waals surface area (Å²) < 4.78 is 5.46. The number of hydrogen-bond donors (Lipinski definition) is 1. The van der Waals surface area contributed by atoms with Gasteiger partial charge in [0, 0.05) is 32.7 Å². The van der Waals surface area contributed by atoms with Crippen molar-refractivity contribution in [3.8, 4) is 0 Å². The molecule has 0 aromatic carbocycles. The lowest BCUT2D eigenvalue weighted by molar-refractivity contribution is 0.0158. The average Bonchev–Trinajstić information content (AvgIpc) is 2.44. The second kappa shape index (κ2) is 6.78. The molecule has 1 aromatic rings. The molecule has 7 nitrogen and oxygen atoms in total. The molecule has 1 atom stereocenters. The molecule has 0 aliphatic carbocycles. The third kappa shape index (κ3) is 4.16. The molecular formula is C15H24ClN5O2. The van der Waals surface area contributed by atoms with Gasteiger partial charge in [-0.25, -0.2) is 14.8 Å². The van der Waals surface area contributed by atoms with Crippen molar-refractivity contribution in [2.45, 2.75) is 39.3 Å². The topological polar surface area (TPSA) is 70.6 Å². The van der Waals surface area contributed by atoms with E-state index in [1.54, 1.807) is 11.9 Å². The van der Waals surface area contributed by atoms with Crippen LogP contribution in [0.25, 0.3) is 0 Å². The molecule has 2 rings (SSSR count). The Labute approximate surface area is 142 Å². The van der Waals surface area contributed by atoms with Gasteiger partial charge in [0.1, 0.15) is 17.6 Å². The van der Waals surface area contributed by atoms with Crippen molar-refractivity contribution in [2.24, 2.45) is 0 Å². The van der Waals surface area contributed by atoms with Gasteiger partial charge in [0.2, 0.25) is 0 Å². The van der Waals surface area contributed by atoms with Crippen LogP contribution in [0.3, 0.4) is 0 Å². The number of amides is 1. The van der Waals surface area contributed by atoms with Gasteiger partial charge >= 0.3 is 6.09 Å². The first-order valence-electron chi connectivity index (χ1n) is 7.65. The second-order valence-corrected chi connectivity index (χ2v) is 6.94. The maximum atomic E-state index is 12.3. The summed E-state index contributed by atoms with van der Waals surface area (Å²) in [6.07, 6.45) is 1.17. The van der Waals surface area contributed by atoms with Gasteiger partial charge in [-0.3, -0.25) is 0 Å². The van der Waals surface area contributed by atoms with Crippen LogP contribution in [-0.4, -0.2) is 59.3 Å². The van der Waals surface area contributed by atoms with Crippen molar-refractivity contribution in [1.82, 2.24) is 14.9 Å². The van der Waals surface area contributed by atoms with Crippen LogP contribution in [0, 0.1) is 0 Å². The second-order valence-electron chi connectivity index (χ2n) is 6.58. The molecule has 1 aliphatic heterocycles. The van der Waals surface area contributed by atoms with Crippen LogP contribution in [-0.2, 0) is 4.74 Å². The highest BCUT2D eigenvalue weighted by atomic mass is 35.5. The van der Waals surface area contributed by atoms with Crippen LogP contribution in [0.15, 0.2) is 6.33 Å². The van der Waals surface area contributed by atoms with Crippen LogP contribution in [0.5, 0.6) is 0 Å². The molecule has 128 valence electrons. The summed E-state index contributed by atoms with van der Waals surface area (Å²) in [4.78, 5) is 24.4. The largest absolute Gasteiger partial charge is 0.444 e. The van der Waals surface area contributed by atoms with Gasteiger partial charge in [0.05, 0.1) is 0 Å². The zero-order chi connectivity index (χ0) is 17.2. The third-order valence-electron chi connectivity index (χ3n) is 3.59. The Bertz CT molecular complexity index is 575. The minimum absolute atomic E-state index is 0.0112.